The third kappa shape index (κ3) is 10.7. The smallest absolute Gasteiger partial charge is 0.0701 e. The van der Waals surface area contributed by atoms with Gasteiger partial charge in [0, 0.05) is 11.8 Å². The minimum atomic E-state index is 0.183. The fourth-order valence-corrected chi connectivity index (χ4v) is 2.69. The van der Waals surface area contributed by atoms with Crippen LogP contribution in [0.4, 0.5) is 0 Å². The molecule has 8 nitrogen and oxygen atoms in total. The molecule has 2 aliphatic rings. The Bertz CT molecular complexity index is 260. The highest BCUT2D eigenvalue weighted by Crippen LogP contribution is 2.16. The van der Waals surface area contributed by atoms with Crippen molar-refractivity contribution in [2.45, 2.75) is 0 Å². The molecule has 0 spiro atoms. The van der Waals surface area contributed by atoms with Gasteiger partial charge in [0.2, 0.25) is 0 Å². The topological polar surface area (TPSA) is 73.8 Å². The average molecular weight is 378 g/mol. The summed E-state index contributed by atoms with van der Waals surface area (Å²) in [6, 6.07) is 0. The van der Waals surface area contributed by atoms with Crippen molar-refractivity contribution in [3.05, 3.63) is 0 Å². The van der Waals surface area contributed by atoms with E-state index in [2.05, 4.69) is 0 Å². The second kappa shape index (κ2) is 15.7. The molecule has 2 aliphatic heterocycles. The van der Waals surface area contributed by atoms with Gasteiger partial charge >= 0.3 is 0 Å². The Morgan fingerprint density at radius 2 is 0.462 bits per heavy atom. The zero-order chi connectivity index (χ0) is 18.1. The molecule has 0 aromatic carbocycles. The van der Waals surface area contributed by atoms with Crippen molar-refractivity contribution < 1.29 is 37.9 Å². The van der Waals surface area contributed by atoms with E-state index in [1.165, 1.54) is 0 Å². The summed E-state index contributed by atoms with van der Waals surface area (Å²) < 4.78 is 45.1. The van der Waals surface area contributed by atoms with E-state index < -0.39 is 0 Å². The number of ether oxygens (including phenoxy) is 8. The van der Waals surface area contributed by atoms with Crippen LogP contribution in [0.2, 0.25) is 0 Å². The van der Waals surface area contributed by atoms with E-state index in [0.717, 1.165) is 0 Å². The van der Waals surface area contributed by atoms with Gasteiger partial charge in [0.05, 0.1) is 106 Å². The van der Waals surface area contributed by atoms with Crippen LogP contribution in [0, 0.1) is 11.8 Å². The summed E-state index contributed by atoms with van der Waals surface area (Å²) in [5, 5.41) is 0. The molecule has 0 aromatic rings. The van der Waals surface area contributed by atoms with Crippen molar-refractivity contribution in [1.82, 2.24) is 0 Å². The number of hydrogen-bond donors (Lipinski definition) is 0. The molecule has 0 aromatic heterocycles. The Balaban J connectivity index is 1.83. The number of rotatable bonds is 1. The quantitative estimate of drug-likeness (QED) is 0.648. The van der Waals surface area contributed by atoms with Crippen LogP contribution in [0.15, 0.2) is 0 Å². The molecule has 2 saturated heterocycles. The molecule has 0 amide bonds. The highest BCUT2D eigenvalue weighted by molar-refractivity contribution is 4.70. The van der Waals surface area contributed by atoms with Crippen LogP contribution in [-0.2, 0) is 37.9 Å². The van der Waals surface area contributed by atoms with E-state index in [1.807, 2.05) is 0 Å². The highest BCUT2D eigenvalue weighted by Gasteiger charge is 2.23. The fourth-order valence-electron chi connectivity index (χ4n) is 2.69. The lowest BCUT2D eigenvalue weighted by Gasteiger charge is -2.27. The number of hydrogen-bond acceptors (Lipinski definition) is 8. The minimum Gasteiger partial charge on any atom is -0.379 e. The lowest BCUT2D eigenvalue weighted by atomic mass is 9.95. The third-order valence-corrected chi connectivity index (χ3v) is 4.23. The minimum absolute atomic E-state index is 0.183. The van der Waals surface area contributed by atoms with Crippen LogP contribution in [0.25, 0.3) is 0 Å². The van der Waals surface area contributed by atoms with E-state index in [0.29, 0.717) is 106 Å². The predicted molar refractivity (Wildman–Crippen MR) is 93.5 cm³/mol. The lowest BCUT2D eigenvalue weighted by Crippen LogP contribution is -2.33. The van der Waals surface area contributed by atoms with E-state index in [9.17, 15) is 0 Å². The second-order valence-corrected chi connectivity index (χ2v) is 6.27. The van der Waals surface area contributed by atoms with Gasteiger partial charge in [0.15, 0.2) is 0 Å². The summed E-state index contributed by atoms with van der Waals surface area (Å²) >= 11 is 0. The van der Waals surface area contributed by atoms with Crippen molar-refractivity contribution >= 4 is 0 Å². The van der Waals surface area contributed by atoms with E-state index in [1.54, 1.807) is 0 Å². The molecule has 0 aliphatic carbocycles. The van der Waals surface area contributed by atoms with Gasteiger partial charge in [-0.3, -0.25) is 0 Å². The van der Waals surface area contributed by atoms with Crippen LogP contribution in [0.1, 0.15) is 0 Å². The molecular weight excluding hydrogens is 344 g/mol. The van der Waals surface area contributed by atoms with Gasteiger partial charge in [-0.25, -0.2) is 0 Å². The first-order valence-corrected chi connectivity index (χ1v) is 9.59. The van der Waals surface area contributed by atoms with Gasteiger partial charge in [-0.1, -0.05) is 0 Å². The SMILES string of the molecule is C1COCCOCC(C2COCCOCCOCCOC2)COCCO1. The molecular formula is C18H34O8. The maximum atomic E-state index is 5.80. The average Bonchev–Trinajstić information content (AvgIpc) is 2.70. The van der Waals surface area contributed by atoms with Gasteiger partial charge in [0.25, 0.3) is 0 Å². The molecule has 0 bridgehead atoms. The Morgan fingerprint density at radius 1 is 0.269 bits per heavy atom. The first-order chi connectivity index (χ1) is 13.0. The Morgan fingerprint density at radius 3 is 0.692 bits per heavy atom. The van der Waals surface area contributed by atoms with Gasteiger partial charge in [0.1, 0.15) is 0 Å². The summed E-state index contributed by atoms with van der Waals surface area (Å²) in [5.74, 6) is 0.366. The highest BCUT2D eigenvalue weighted by atomic mass is 16.6. The van der Waals surface area contributed by atoms with E-state index >= 15 is 0 Å². The van der Waals surface area contributed by atoms with Gasteiger partial charge in [-0.2, -0.15) is 0 Å². The Kier molecular flexibility index (Phi) is 13.3. The van der Waals surface area contributed by atoms with Crippen LogP contribution < -0.4 is 0 Å². The lowest BCUT2D eigenvalue weighted by molar-refractivity contribution is -0.0522. The molecule has 0 saturated carbocycles. The van der Waals surface area contributed by atoms with E-state index in [-0.39, 0.29) is 11.8 Å². The second-order valence-electron chi connectivity index (χ2n) is 6.27. The van der Waals surface area contributed by atoms with Gasteiger partial charge < -0.3 is 37.9 Å². The molecule has 2 rings (SSSR count). The van der Waals surface area contributed by atoms with Crippen molar-refractivity contribution in [3.8, 4) is 0 Å². The first-order valence-electron chi connectivity index (χ1n) is 9.59. The van der Waals surface area contributed by atoms with Crippen LogP contribution in [-0.4, -0.2) is 106 Å². The summed E-state index contributed by atoms with van der Waals surface area (Å²) in [7, 11) is 0. The maximum absolute atomic E-state index is 5.80. The van der Waals surface area contributed by atoms with Crippen molar-refractivity contribution in [3.63, 3.8) is 0 Å². The molecule has 2 heterocycles. The van der Waals surface area contributed by atoms with Crippen molar-refractivity contribution in [1.29, 1.82) is 0 Å². The molecule has 0 atom stereocenters. The zero-order valence-electron chi connectivity index (χ0n) is 15.7. The summed E-state index contributed by atoms with van der Waals surface area (Å²) in [5.41, 5.74) is 0. The molecule has 2 fully saturated rings. The predicted octanol–water partition coefficient (Wildman–Crippen LogP) is 0.379. The largest absolute Gasteiger partial charge is 0.379 e. The molecule has 0 radical (unpaired) electrons. The Hall–Kier alpha value is -0.320. The Labute approximate surface area is 156 Å². The normalized spacial score (nSPS) is 26.3. The standard InChI is InChI=1S/C18H34O8/c1-2-20-6-10-24-14-17(13-23-9-5-19-1)18-15-25-11-7-21-3-4-22-8-12-26-16-18/h17-18H,1-16H2. The van der Waals surface area contributed by atoms with E-state index in [4.69, 9.17) is 37.9 Å². The van der Waals surface area contributed by atoms with Crippen LogP contribution in [0.3, 0.4) is 0 Å². The monoisotopic (exact) mass is 378 g/mol. The van der Waals surface area contributed by atoms with Crippen molar-refractivity contribution in [2.75, 3.05) is 106 Å². The summed E-state index contributed by atoms with van der Waals surface area (Å²) in [4.78, 5) is 0. The zero-order valence-corrected chi connectivity index (χ0v) is 15.7. The maximum Gasteiger partial charge on any atom is 0.0701 e. The third-order valence-electron chi connectivity index (χ3n) is 4.23. The molecule has 0 N–H and O–H groups in total. The molecule has 26 heavy (non-hydrogen) atoms. The molecule has 154 valence electrons. The van der Waals surface area contributed by atoms with Gasteiger partial charge in [-0.05, 0) is 0 Å². The summed E-state index contributed by atoms with van der Waals surface area (Å²) in [6.07, 6.45) is 0. The van der Waals surface area contributed by atoms with Crippen LogP contribution in [0.5, 0.6) is 0 Å². The fraction of sp³-hybridized carbons (Fsp3) is 1.00. The first kappa shape index (κ1) is 22.0. The molecule has 0 unspecified atom stereocenters. The summed E-state index contributed by atoms with van der Waals surface area (Å²) in [6.45, 7) is 9.24. The van der Waals surface area contributed by atoms with Crippen molar-refractivity contribution in [2.24, 2.45) is 11.8 Å². The molecule has 8 heteroatoms. The van der Waals surface area contributed by atoms with Crippen LogP contribution >= 0.6 is 0 Å². The van der Waals surface area contributed by atoms with Gasteiger partial charge in [-0.15, -0.1) is 0 Å².